The average molecular weight is 272 g/mol. The van der Waals surface area contributed by atoms with Crippen molar-refractivity contribution in [2.75, 3.05) is 13.2 Å². The fourth-order valence-corrected chi connectivity index (χ4v) is 2.55. The summed E-state index contributed by atoms with van der Waals surface area (Å²) in [6.07, 6.45) is 6.96. The molecule has 0 radical (unpaired) electrons. The minimum atomic E-state index is 0.432. The predicted molar refractivity (Wildman–Crippen MR) is 77.1 cm³/mol. The fraction of sp³-hybridized carbons (Fsp3) is 0.467. The van der Waals surface area contributed by atoms with Crippen molar-refractivity contribution in [3.05, 3.63) is 36.7 Å². The zero-order valence-corrected chi connectivity index (χ0v) is 11.5. The lowest BCUT2D eigenvalue weighted by Crippen LogP contribution is -2.30. The Bertz CT molecular complexity index is 520. The Morgan fingerprint density at radius 1 is 1.20 bits per heavy atom. The van der Waals surface area contributed by atoms with Crippen LogP contribution >= 0.6 is 0 Å². The molecule has 5 nitrogen and oxygen atoms in total. The van der Waals surface area contributed by atoms with Gasteiger partial charge in [-0.2, -0.15) is 4.98 Å². The lowest BCUT2D eigenvalue weighted by Gasteiger charge is -2.10. The van der Waals surface area contributed by atoms with Crippen molar-refractivity contribution in [2.45, 2.75) is 31.7 Å². The summed E-state index contributed by atoms with van der Waals surface area (Å²) in [5.41, 5.74) is 0.985. The number of benzene rings is 1. The van der Waals surface area contributed by atoms with Gasteiger partial charge in [0.1, 0.15) is 12.9 Å². The number of ether oxygens (including phenoxy) is 1. The summed E-state index contributed by atoms with van der Waals surface area (Å²) >= 11 is 0. The van der Waals surface area contributed by atoms with E-state index in [9.17, 15) is 0 Å². The standard InChI is InChI=1S/C15H20N4O/c1-2-8-14(9-3-1)19-12-17-15(18-19)20-11-10-16-13-6-4-5-7-13/h1-3,8-9,12-13,16H,4-7,10-11H2. The second kappa shape index (κ2) is 6.52. The molecule has 20 heavy (non-hydrogen) atoms. The van der Waals surface area contributed by atoms with E-state index in [1.807, 2.05) is 30.3 Å². The molecule has 1 heterocycles. The Morgan fingerprint density at radius 3 is 2.80 bits per heavy atom. The molecule has 1 aromatic heterocycles. The summed E-state index contributed by atoms with van der Waals surface area (Å²) in [5, 5.41) is 7.81. The van der Waals surface area contributed by atoms with Crippen molar-refractivity contribution >= 4 is 0 Å². The smallest absolute Gasteiger partial charge is 0.335 e. The number of hydrogen-bond donors (Lipinski definition) is 1. The maximum Gasteiger partial charge on any atom is 0.335 e. The van der Waals surface area contributed by atoms with Crippen molar-refractivity contribution < 1.29 is 4.74 Å². The van der Waals surface area contributed by atoms with Gasteiger partial charge < -0.3 is 10.1 Å². The van der Waals surface area contributed by atoms with Crippen LogP contribution in [-0.2, 0) is 0 Å². The molecule has 1 aromatic carbocycles. The van der Waals surface area contributed by atoms with Crippen LogP contribution in [0.1, 0.15) is 25.7 Å². The highest BCUT2D eigenvalue weighted by Crippen LogP contribution is 2.17. The van der Waals surface area contributed by atoms with Crippen LogP contribution in [-0.4, -0.2) is 34.0 Å². The largest absolute Gasteiger partial charge is 0.461 e. The highest BCUT2D eigenvalue weighted by atomic mass is 16.5. The summed E-state index contributed by atoms with van der Waals surface area (Å²) in [6.45, 7) is 1.46. The molecule has 2 aromatic rings. The van der Waals surface area contributed by atoms with Crippen LogP contribution in [0.5, 0.6) is 6.01 Å². The topological polar surface area (TPSA) is 52.0 Å². The lowest BCUT2D eigenvalue weighted by molar-refractivity contribution is 0.283. The molecule has 1 aliphatic carbocycles. The van der Waals surface area contributed by atoms with Crippen LogP contribution < -0.4 is 10.1 Å². The summed E-state index contributed by atoms with van der Waals surface area (Å²) in [5.74, 6) is 0. The third kappa shape index (κ3) is 3.36. The quantitative estimate of drug-likeness (QED) is 0.819. The van der Waals surface area contributed by atoms with Crippen LogP contribution in [0, 0.1) is 0 Å². The molecule has 5 heteroatoms. The summed E-state index contributed by atoms with van der Waals surface area (Å²) in [4.78, 5) is 4.16. The maximum atomic E-state index is 5.56. The number of hydrogen-bond acceptors (Lipinski definition) is 4. The van der Waals surface area contributed by atoms with E-state index in [2.05, 4.69) is 15.4 Å². The second-order valence-corrected chi connectivity index (χ2v) is 5.09. The molecule has 1 N–H and O–H groups in total. The Morgan fingerprint density at radius 2 is 2.00 bits per heavy atom. The Labute approximate surface area is 119 Å². The molecule has 0 amide bonds. The molecule has 0 spiro atoms. The van der Waals surface area contributed by atoms with Crippen molar-refractivity contribution in [1.29, 1.82) is 0 Å². The van der Waals surface area contributed by atoms with Gasteiger partial charge in [-0.25, -0.2) is 4.68 Å². The molecule has 0 atom stereocenters. The van der Waals surface area contributed by atoms with Gasteiger partial charge in [-0.3, -0.25) is 0 Å². The molecular formula is C15H20N4O. The van der Waals surface area contributed by atoms with Gasteiger partial charge in [0.05, 0.1) is 5.69 Å². The zero-order chi connectivity index (χ0) is 13.6. The third-order valence-electron chi connectivity index (χ3n) is 3.61. The fourth-order valence-electron chi connectivity index (χ4n) is 2.55. The van der Waals surface area contributed by atoms with Gasteiger partial charge in [-0.15, -0.1) is 5.10 Å². The van der Waals surface area contributed by atoms with E-state index < -0.39 is 0 Å². The third-order valence-corrected chi connectivity index (χ3v) is 3.61. The van der Waals surface area contributed by atoms with Crippen LogP contribution in [0.2, 0.25) is 0 Å². The van der Waals surface area contributed by atoms with E-state index in [0.29, 0.717) is 18.7 Å². The average Bonchev–Trinajstić information content (AvgIpc) is 3.16. The number of para-hydroxylation sites is 1. The lowest BCUT2D eigenvalue weighted by atomic mass is 10.2. The molecule has 3 rings (SSSR count). The first-order valence-electron chi connectivity index (χ1n) is 7.25. The van der Waals surface area contributed by atoms with E-state index in [1.54, 1.807) is 11.0 Å². The zero-order valence-electron chi connectivity index (χ0n) is 11.5. The van der Waals surface area contributed by atoms with Crippen LogP contribution in [0.25, 0.3) is 5.69 Å². The first-order chi connectivity index (χ1) is 9.92. The van der Waals surface area contributed by atoms with Crippen molar-refractivity contribution in [3.8, 4) is 11.7 Å². The van der Waals surface area contributed by atoms with Gasteiger partial charge in [-0.1, -0.05) is 31.0 Å². The molecule has 0 unspecified atom stereocenters. The Kier molecular flexibility index (Phi) is 4.28. The summed E-state index contributed by atoms with van der Waals surface area (Å²) in [7, 11) is 0. The molecule has 0 aliphatic heterocycles. The number of nitrogens with zero attached hydrogens (tertiary/aromatic N) is 3. The summed E-state index contributed by atoms with van der Waals surface area (Å²) < 4.78 is 7.28. The molecular weight excluding hydrogens is 252 g/mol. The SMILES string of the molecule is c1ccc(-n2cnc(OCCNC3CCCC3)n2)cc1. The van der Waals surface area contributed by atoms with Crippen molar-refractivity contribution in [3.63, 3.8) is 0 Å². The Hall–Kier alpha value is -1.88. The first-order valence-corrected chi connectivity index (χ1v) is 7.25. The van der Waals surface area contributed by atoms with Gasteiger partial charge in [0.25, 0.3) is 0 Å². The first kappa shape index (κ1) is 13.1. The van der Waals surface area contributed by atoms with E-state index in [1.165, 1.54) is 25.7 Å². The van der Waals surface area contributed by atoms with Gasteiger partial charge >= 0.3 is 6.01 Å². The predicted octanol–water partition coefficient (Wildman–Crippen LogP) is 2.18. The van der Waals surface area contributed by atoms with E-state index in [4.69, 9.17) is 4.74 Å². The summed E-state index contributed by atoms with van der Waals surface area (Å²) in [6, 6.07) is 11.0. The monoisotopic (exact) mass is 272 g/mol. The number of aromatic nitrogens is 3. The highest BCUT2D eigenvalue weighted by molar-refractivity contribution is 5.29. The highest BCUT2D eigenvalue weighted by Gasteiger charge is 2.13. The minimum Gasteiger partial charge on any atom is -0.461 e. The molecule has 1 aliphatic rings. The van der Waals surface area contributed by atoms with E-state index in [0.717, 1.165) is 12.2 Å². The van der Waals surface area contributed by atoms with E-state index in [-0.39, 0.29) is 0 Å². The number of nitrogens with one attached hydrogen (secondary N) is 1. The van der Waals surface area contributed by atoms with Gasteiger partial charge in [0, 0.05) is 12.6 Å². The molecule has 1 fully saturated rings. The number of rotatable bonds is 6. The molecule has 1 saturated carbocycles. The van der Waals surface area contributed by atoms with Gasteiger partial charge in [0.2, 0.25) is 0 Å². The van der Waals surface area contributed by atoms with Crippen molar-refractivity contribution in [1.82, 2.24) is 20.1 Å². The van der Waals surface area contributed by atoms with E-state index >= 15 is 0 Å². The van der Waals surface area contributed by atoms with Crippen molar-refractivity contribution in [2.24, 2.45) is 0 Å². The van der Waals surface area contributed by atoms with Gasteiger partial charge in [0.15, 0.2) is 0 Å². The Balaban J connectivity index is 1.45. The van der Waals surface area contributed by atoms with Crippen LogP contribution in [0.3, 0.4) is 0 Å². The normalized spacial score (nSPS) is 15.6. The maximum absolute atomic E-state index is 5.56. The molecule has 0 saturated heterocycles. The minimum absolute atomic E-state index is 0.432. The van der Waals surface area contributed by atoms with Crippen LogP contribution in [0.15, 0.2) is 36.7 Å². The van der Waals surface area contributed by atoms with Crippen LogP contribution in [0.4, 0.5) is 0 Å². The molecule has 106 valence electrons. The second-order valence-electron chi connectivity index (χ2n) is 5.09. The molecule has 0 bridgehead atoms. The van der Waals surface area contributed by atoms with Gasteiger partial charge in [-0.05, 0) is 25.0 Å².